The predicted molar refractivity (Wildman–Crippen MR) is 151 cm³/mol. The van der Waals surface area contributed by atoms with Gasteiger partial charge in [-0.1, -0.05) is 65.2 Å². The maximum absolute atomic E-state index is 12.9. The first-order chi connectivity index (χ1) is 18.2. The number of carbonyl (C=O) groups excluding carboxylic acids is 1. The maximum atomic E-state index is 12.9. The van der Waals surface area contributed by atoms with E-state index in [1.165, 1.54) is 89.0 Å². The van der Waals surface area contributed by atoms with Gasteiger partial charge in [0.1, 0.15) is 5.75 Å². The van der Waals surface area contributed by atoms with E-state index in [2.05, 4.69) is 23.8 Å². The van der Waals surface area contributed by atoms with Crippen molar-refractivity contribution in [3.8, 4) is 17.1 Å². The zero-order valence-electron chi connectivity index (χ0n) is 23.3. The third kappa shape index (κ3) is 8.38. The quantitative estimate of drug-likeness (QED) is 0.164. The molecule has 2 aliphatic rings. The number of carbonyl (C=O) groups is 1. The molecular formula is C33H48N2O2. The van der Waals surface area contributed by atoms with Crippen molar-refractivity contribution in [2.24, 2.45) is 23.7 Å². The third-order valence-corrected chi connectivity index (χ3v) is 8.98. The van der Waals surface area contributed by atoms with E-state index in [0.29, 0.717) is 11.6 Å². The highest BCUT2D eigenvalue weighted by Gasteiger charge is 2.33. The van der Waals surface area contributed by atoms with E-state index in [4.69, 9.17) is 4.74 Å². The monoisotopic (exact) mass is 504 g/mol. The second kappa shape index (κ2) is 14.6. The minimum absolute atomic E-state index is 0.0462. The minimum atomic E-state index is -0.0569. The lowest BCUT2D eigenvalue weighted by Gasteiger charge is -2.37. The molecule has 0 bridgehead atoms. The molecule has 0 atom stereocenters. The molecule has 0 N–H and O–H groups in total. The van der Waals surface area contributed by atoms with Crippen LogP contribution in [0.5, 0.6) is 5.75 Å². The van der Waals surface area contributed by atoms with Crippen LogP contribution in [0.2, 0.25) is 0 Å². The summed E-state index contributed by atoms with van der Waals surface area (Å²) < 4.78 is 5.78. The predicted octanol–water partition coefficient (Wildman–Crippen LogP) is 8.97. The number of ether oxygens (including phenoxy) is 1. The second-order valence-corrected chi connectivity index (χ2v) is 11.7. The van der Waals surface area contributed by atoms with Crippen LogP contribution in [0.25, 0.3) is 11.4 Å². The van der Waals surface area contributed by atoms with Crippen molar-refractivity contribution in [1.82, 2.24) is 9.97 Å². The summed E-state index contributed by atoms with van der Waals surface area (Å²) in [5.41, 5.74) is 2.13. The Hall–Kier alpha value is -2.23. The minimum Gasteiger partial charge on any atom is -0.426 e. The number of hydrogen-bond acceptors (Lipinski definition) is 4. The molecule has 0 amide bonds. The van der Waals surface area contributed by atoms with Crippen molar-refractivity contribution in [3.05, 3.63) is 42.2 Å². The van der Waals surface area contributed by atoms with Crippen LogP contribution in [-0.4, -0.2) is 15.9 Å². The van der Waals surface area contributed by atoms with E-state index in [9.17, 15) is 4.79 Å². The molecule has 0 radical (unpaired) electrons. The van der Waals surface area contributed by atoms with Gasteiger partial charge in [0.2, 0.25) is 0 Å². The molecule has 1 heterocycles. The van der Waals surface area contributed by atoms with Gasteiger partial charge in [0.25, 0.3) is 0 Å². The van der Waals surface area contributed by atoms with Crippen molar-refractivity contribution in [3.63, 3.8) is 0 Å². The molecule has 2 aromatic rings. The van der Waals surface area contributed by atoms with Crippen LogP contribution in [-0.2, 0) is 11.2 Å². The Labute approximate surface area is 225 Å². The Bertz CT molecular complexity index is 924. The summed E-state index contributed by atoms with van der Waals surface area (Å²) in [6.45, 7) is 4.51. The number of benzene rings is 1. The van der Waals surface area contributed by atoms with E-state index < -0.39 is 0 Å². The van der Waals surface area contributed by atoms with Gasteiger partial charge >= 0.3 is 5.97 Å². The fraction of sp³-hybridized carbons (Fsp3) is 0.667. The molecular weight excluding hydrogens is 456 g/mol. The number of aryl methyl sites for hydroxylation is 1. The smallest absolute Gasteiger partial charge is 0.314 e. The molecule has 2 saturated carbocycles. The zero-order valence-corrected chi connectivity index (χ0v) is 23.3. The van der Waals surface area contributed by atoms with Crippen LogP contribution >= 0.6 is 0 Å². The highest BCUT2D eigenvalue weighted by atomic mass is 16.5. The van der Waals surface area contributed by atoms with Crippen LogP contribution < -0.4 is 4.74 Å². The van der Waals surface area contributed by atoms with Crippen LogP contribution in [0, 0.1) is 23.7 Å². The van der Waals surface area contributed by atoms with Gasteiger partial charge in [0.15, 0.2) is 5.82 Å². The van der Waals surface area contributed by atoms with Gasteiger partial charge in [-0.05, 0) is 98.9 Å². The van der Waals surface area contributed by atoms with Crippen molar-refractivity contribution < 1.29 is 9.53 Å². The standard InChI is InChI=1S/C33H48N2O2/c1-3-5-7-9-25-11-13-27(14-12-25)28-15-17-30(18-16-28)33(36)37-31-21-19-29(20-22-31)32-34-23-26(24-35-32)10-8-6-4-2/h19-25,27-28,30H,3-18H2,1-2H3/t25-,27-,28-,30-. The van der Waals surface area contributed by atoms with Gasteiger partial charge in [-0.2, -0.15) is 0 Å². The SMILES string of the molecule is CCCCCc1cnc(-c2ccc(OC(=O)[C@H]3CC[C@H]([C@H]4CC[C@H](CCCCC)CC4)CC3)cc2)nc1. The van der Waals surface area contributed by atoms with Crippen LogP contribution in [0.3, 0.4) is 0 Å². The average Bonchev–Trinajstić information content (AvgIpc) is 2.95. The van der Waals surface area contributed by atoms with Crippen molar-refractivity contribution in [1.29, 1.82) is 0 Å². The van der Waals surface area contributed by atoms with Gasteiger partial charge < -0.3 is 4.74 Å². The number of aromatic nitrogens is 2. The normalized spacial score (nSPS) is 24.1. The largest absolute Gasteiger partial charge is 0.426 e. The van der Waals surface area contributed by atoms with E-state index in [-0.39, 0.29) is 11.9 Å². The Morgan fingerprint density at radius 1 is 0.784 bits per heavy atom. The number of rotatable bonds is 12. The van der Waals surface area contributed by atoms with Gasteiger partial charge in [-0.25, -0.2) is 9.97 Å². The lowest BCUT2D eigenvalue weighted by molar-refractivity contribution is -0.140. The van der Waals surface area contributed by atoms with Crippen LogP contribution in [0.15, 0.2) is 36.7 Å². The molecule has 4 heteroatoms. The summed E-state index contributed by atoms with van der Waals surface area (Å²) in [5, 5.41) is 0. The van der Waals surface area contributed by atoms with E-state index in [1.54, 1.807) is 0 Å². The van der Waals surface area contributed by atoms with E-state index in [0.717, 1.165) is 42.6 Å². The summed E-state index contributed by atoms with van der Waals surface area (Å²) in [5.74, 6) is 4.00. The van der Waals surface area contributed by atoms with Gasteiger partial charge in [0.05, 0.1) is 5.92 Å². The number of hydrogen-bond donors (Lipinski definition) is 0. The second-order valence-electron chi connectivity index (χ2n) is 11.7. The Kier molecular flexibility index (Phi) is 11.0. The Morgan fingerprint density at radius 2 is 1.38 bits per heavy atom. The van der Waals surface area contributed by atoms with E-state index >= 15 is 0 Å². The van der Waals surface area contributed by atoms with Gasteiger partial charge in [-0.15, -0.1) is 0 Å². The molecule has 4 nitrogen and oxygen atoms in total. The summed E-state index contributed by atoms with van der Waals surface area (Å²) >= 11 is 0. The first kappa shape index (κ1) is 27.8. The summed E-state index contributed by atoms with van der Waals surface area (Å²) in [6.07, 6.45) is 24.2. The van der Waals surface area contributed by atoms with Crippen molar-refractivity contribution in [2.45, 2.75) is 117 Å². The molecule has 1 aromatic heterocycles. The fourth-order valence-corrected chi connectivity index (χ4v) is 6.54. The lowest BCUT2D eigenvalue weighted by Crippen LogP contribution is -2.30. The number of nitrogens with zero attached hydrogens (tertiary/aromatic N) is 2. The maximum Gasteiger partial charge on any atom is 0.314 e. The first-order valence-electron chi connectivity index (χ1n) is 15.3. The summed E-state index contributed by atoms with van der Waals surface area (Å²) in [6, 6.07) is 7.64. The summed E-state index contributed by atoms with van der Waals surface area (Å²) in [4.78, 5) is 22.0. The third-order valence-electron chi connectivity index (χ3n) is 8.98. The molecule has 2 fully saturated rings. The highest BCUT2D eigenvalue weighted by molar-refractivity contribution is 5.75. The molecule has 0 unspecified atom stereocenters. The highest BCUT2D eigenvalue weighted by Crippen LogP contribution is 2.42. The number of unbranched alkanes of at least 4 members (excludes halogenated alkanes) is 4. The molecule has 0 aliphatic heterocycles. The summed E-state index contributed by atoms with van der Waals surface area (Å²) in [7, 11) is 0. The van der Waals surface area contributed by atoms with E-state index in [1.807, 2.05) is 36.7 Å². The first-order valence-corrected chi connectivity index (χ1v) is 15.3. The molecule has 1 aromatic carbocycles. The Balaban J connectivity index is 1.19. The van der Waals surface area contributed by atoms with Gasteiger partial charge in [-0.3, -0.25) is 4.79 Å². The molecule has 37 heavy (non-hydrogen) atoms. The average molecular weight is 505 g/mol. The van der Waals surface area contributed by atoms with Gasteiger partial charge in [0, 0.05) is 18.0 Å². The van der Waals surface area contributed by atoms with Crippen molar-refractivity contribution in [2.75, 3.05) is 0 Å². The van der Waals surface area contributed by atoms with Crippen LogP contribution in [0.4, 0.5) is 0 Å². The molecule has 0 saturated heterocycles. The fourth-order valence-electron chi connectivity index (χ4n) is 6.54. The lowest BCUT2D eigenvalue weighted by atomic mass is 9.68. The molecule has 202 valence electrons. The topological polar surface area (TPSA) is 52.1 Å². The Morgan fingerprint density at radius 3 is 2.00 bits per heavy atom. The number of esters is 1. The molecule has 2 aliphatic carbocycles. The zero-order chi connectivity index (χ0) is 25.9. The van der Waals surface area contributed by atoms with Crippen molar-refractivity contribution >= 4 is 5.97 Å². The molecule has 0 spiro atoms. The van der Waals surface area contributed by atoms with Crippen LogP contribution in [0.1, 0.15) is 116 Å². The molecule has 4 rings (SSSR count).